The normalized spacial score (nSPS) is 16.4. The minimum atomic E-state index is -0.413. The Morgan fingerprint density at radius 1 is 1.28 bits per heavy atom. The summed E-state index contributed by atoms with van der Waals surface area (Å²) < 4.78 is 14.4. The summed E-state index contributed by atoms with van der Waals surface area (Å²) in [6.45, 7) is 1.32. The van der Waals surface area contributed by atoms with Crippen LogP contribution in [-0.4, -0.2) is 29.0 Å². The van der Waals surface area contributed by atoms with Gasteiger partial charge in [-0.15, -0.1) is 0 Å². The standard InChI is InChI=1S/C21H18FN5O2/c22-18-10-14(11-23)3-5-21(18)26-9-1-2-15(13-26)25-19-4-6-20(27(28)29)17-12-24-8-7-16(17)19/h3-8,10,12,15,25H,1-2,9,13H2. The summed E-state index contributed by atoms with van der Waals surface area (Å²) in [6, 6.07) is 11.5. The molecule has 1 aromatic heterocycles. The lowest BCUT2D eigenvalue weighted by atomic mass is 10.0. The van der Waals surface area contributed by atoms with E-state index in [0.717, 1.165) is 30.5 Å². The third kappa shape index (κ3) is 3.67. The molecule has 1 saturated heterocycles. The van der Waals surface area contributed by atoms with Crippen molar-refractivity contribution in [1.29, 1.82) is 5.26 Å². The first-order chi connectivity index (χ1) is 14.1. The number of halogens is 1. The number of pyridine rings is 1. The lowest BCUT2D eigenvalue weighted by Crippen LogP contribution is -2.42. The van der Waals surface area contributed by atoms with E-state index in [1.54, 1.807) is 30.5 Å². The number of nitro groups is 1. The van der Waals surface area contributed by atoms with Crippen molar-refractivity contribution in [1.82, 2.24) is 4.98 Å². The topological polar surface area (TPSA) is 95.1 Å². The highest BCUT2D eigenvalue weighted by Gasteiger charge is 2.23. The van der Waals surface area contributed by atoms with Gasteiger partial charge in [-0.25, -0.2) is 4.39 Å². The molecule has 8 heteroatoms. The summed E-state index contributed by atoms with van der Waals surface area (Å²) in [5.74, 6) is -0.406. The van der Waals surface area contributed by atoms with E-state index in [4.69, 9.17) is 5.26 Å². The molecule has 1 N–H and O–H groups in total. The Morgan fingerprint density at radius 3 is 2.90 bits per heavy atom. The second-order valence-electron chi connectivity index (χ2n) is 7.02. The molecular weight excluding hydrogens is 373 g/mol. The van der Waals surface area contributed by atoms with Crippen molar-refractivity contribution >= 4 is 27.8 Å². The van der Waals surface area contributed by atoms with E-state index in [1.807, 2.05) is 11.0 Å². The van der Waals surface area contributed by atoms with Crippen LogP contribution < -0.4 is 10.2 Å². The Balaban J connectivity index is 1.59. The molecule has 29 heavy (non-hydrogen) atoms. The van der Waals surface area contributed by atoms with E-state index in [9.17, 15) is 14.5 Å². The molecule has 4 rings (SSSR count). The van der Waals surface area contributed by atoms with Crippen LogP contribution in [0.3, 0.4) is 0 Å². The van der Waals surface area contributed by atoms with Gasteiger partial charge in [-0.1, -0.05) is 0 Å². The highest BCUT2D eigenvalue weighted by atomic mass is 19.1. The Hall–Kier alpha value is -3.73. The summed E-state index contributed by atoms with van der Waals surface area (Å²) >= 11 is 0. The highest BCUT2D eigenvalue weighted by Crippen LogP contribution is 2.32. The van der Waals surface area contributed by atoms with Crippen molar-refractivity contribution in [3.05, 3.63) is 70.3 Å². The summed E-state index contributed by atoms with van der Waals surface area (Å²) in [5.41, 5.74) is 1.58. The van der Waals surface area contributed by atoms with Gasteiger partial charge in [0.05, 0.1) is 27.6 Å². The van der Waals surface area contributed by atoms with Crippen LogP contribution in [0.15, 0.2) is 48.8 Å². The molecule has 0 saturated carbocycles. The number of anilines is 2. The number of benzene rings is 2. The Bertz CT molecular complexity index is 1130. The second-order valence-corrected chi connectivity index (χ2v) is 7.02. The Morgan fingerprint density at radius 2 is 2.14 bits per heavy atom. The van der Waals surface area contributed by atoms with Gasteiger partial charge in [-0.3, -0.25) is 15.1 Å². The largest absolute Gasteiger partial charge is 0.380 e. The molecule has 0 bridgehead atoms. The average molecular weight is 391 g/mol. The van der Waals surface area contributed by atoms with E-state index in [-0.39, 0.29) is 11.7 Å². The number of nitrogens with one attached hydrogen (secondary N) is 1. The number of nitro benzene ring substituents is 1. The maximum atomic E-state index is 14.4. The highest BCUT2D eigenvalue weighted by molar-refractivity contribution is 5.99. The van der Waals surface area contributed by atoms with Crippen molar-refractivity contribution in [2.75, 3.05) is 23.3 Å². The predicted octanol–water partition coefficient (Wildman–Crippen LogP) is 4.23. The van der Waals surface area contributed by atoms with E-state index in [2.05, 4.69) is 10.3 Å². The first-order valence-electron chi connectivity index (χ1n) is 9.29. The average Bonchev–Trinajstić information content (AvgIpc) is 2.74. The van der Waals surface area contributed by atoms with Crippen LogP contribution >= 0.6 is 0 Å². The molecule has 1 fully saturated rings. The molecule has 2 aromatic carbocycles. The lowest BCUT2D eigenvalue weighted by molar-refractivity contribution is -0.383. The second kappa shape index (κ2) is 7.72. The number of nitrogens with zero attached hydrogens (tertiary/aromatic N) is 4. The first-order valence-corrected chi connectivity index (χ1v) is 9.29. The maximum absolute atomic E-state index is 14.4. The molecule has 1 aliphatic heterocycles. The van der Waals surface area contributed by atoms with Crippen LogP contribution in [0.2, 0.25) is 0 Å². The summed E-state index contributed by atoms with van der Waals surface area (Å²) in [4.78, 5) is 16.9. The van der Waals surface area contributed by atoms with Gasteiger partial charge >= 0.3 is 0 Å². The number of non-ortho nitro benzene ring substituents is 1. The van der Waals surface area contributed by atoms with Crippen molar-refractivity contribution in [2.45, 2.75) is 18.9 Å². The van der Waals surface area contributed by atoms with Gasteiger partial charge in [-0.05, 0) is 43.2 Å². The molecule has 0 aliphatic carbocycles. The molecular formula is C21H18FN5O2. The summed E-state index contributed by atoms with van der Waals surface area (Å²) in [5, 5.41) is 24.9. The number of aromatic nitrogens is 1. The van der Waals surface area contributed by atoms with Gasteiger partial charge in [-0.2, -0.15) is 5.26 Å². The number of rotatable bonds is 4. The molecule has 1 atom stereocenters. The third-order valence-corrected chi connectivity index (χ3v) is 5.19. The minimum Gasteiger partial charge on any atom is -0.380 e. The molecule has 2 heterocycles. The Labute approximate surface area is 166 Å². The minimum absolute atomic E-state index is 0.0172. The smallest absolute Gasteiger partial charge is 0.278 e. The van der Waals surface area contributed by atoms with E-state index in [0.29, 0.717) is 23.2 Å². The molecule has 0 radical (unpaired) electrons. The van der Waals surface area contributed by atoms with Crippen molar-refractivity contribution in [3.63, 3.8) is 0 Å². The molecule has 1 aliphatic rings. The van der Waals surface area contributed by atoms with Crippen LogP contribution in [0.25, 0.3) is 10.8 Å². The van der Waals surface area contributed by atoms with Gasteiger partial charge in [0, 0.05) is 48.7 Å². The predicted molar refractivity (Wildman–Crippen MR) is 108 cm³/mol. The molecule has 1 unspecified atom stereocenters. The first kappa shape index (κ1) is 18.6. The van der Waals surface area contributed by atoms with Crippen LogP contribution in [0, 0.1) is 27.3 Å². The fourth-order valence-corrected chi connectivity index (χ4v) is 3.83. The Kier molecular flexibility index (Phi) is 4.96. The number of piperidine rings is 1. The fourth-order valence-electron chi connectivity index (χ4n) is 3.83. The van der Waals surface area contributed by atoms with Crippen LogP contribution in [-0.2, 0) is 0 Å². The van der Waals surface area contributed by atoms with Crippen molar-refractivity contribution in [3.8, 4) is 6.07 Å². The van der Waals surface area contributed by atoms with Crippen LogP contribution in [0.4, 0.5) is 21.5 Å². The number of fused-ring (bicyclic) bond motifs is 1. The summed E-state index contributed by atoms with van der Waals surface area (Å²) in [7, 11) is 0. The van der Waals surface area contributed by atoms with Gasteiger partial charge in [0.25, 0.3) is 5.69 Å². The zero-order valence-electron chi connectivity index (χ0n) is 15.5. The fraction of sp³-hybridized carbons (Fsp3) is 0.238. The number of hydrogen-bond acceptors (Lipinski definition) is 6. The van der Waals surface area contributed by atoms with E-state index < -0.39 is 10.7 Å². The molecule has 3 aromatic rings. The van der Waals surface area contributed by atoms with Gasteiger partial charge in [0.1, 0.15) is 5.82 Å². The zero-order chi connectivity index (χ0) is 20.4. The number of nitriles is 1. The quantitative estimate of drug-likeness (QED) is 0.528. The monoisotopic (exact) mass is 391 g/mol. The van der Waals surface area contributed by atoms with Crippen molar-refractivity contribution < 1.29 is 9.31 Å². The molecule has 0 amide bonds. The van der Waals surface area contributed by atoms with E-state index >= 15 is 0 Å². The molecule has 0 spiro atoms. The van der Waals surface area contributed by atoms with Crippen LogP contribution in [0.1, 0.15) is 18.4 Å². The number of hydrogen-bond donors (Lipinski definition) is 1. The van der Waals surface area contributed by atoms with Gasteiger partial charge < -0.3 is 10.2 Å². The molecule has 146 valence electrons. The maximum Gasteiger partial charge on any atom is 0.278 e. The summed E-state index contributed by atoms with van der Waals surface area (Å²) in [6.07, 6.45) is 4.88. The van der Waals surface area contributed by atoms with Gasteiger partial charge in [0.15, 0.2) is 0 Å². The van der Waals surface area contributed by atoms with E-state index in [1.165, 1.54) is 18.3 Å². The third-order valence-electron chi connectivity index (χ3n) is 5.19. The van der Waals surface area contributed by atoms with Crippen LogP contribution in [0.5, 0.6) is 0 Å². The van der Waals surface area contributed by atoms with Gasteiger partial charge in [0.2, 0.25) is 0 Å². The van der Waals surface area contributed by atoms with Crippen molar-refractivity contribution in [2.24, 2.45) is 0 Å². The lowest BCUT2D eigenvalue weighted by Gasteiger charge is -2.35. The SMILES string of the molecule is N#Cc1ccc(N2CCCC(Nc3ccc([N+](=O)[O-])c4cnccc34)C2)c(F)c1. The molecule has 7 nitrogen and oxygen atoms in total. The zero-order valence-corrected chi connectivity index (χ0v) is 15.5.